The highest BCUT2D eigenvalue weighted by molar-refractivity contribution is 5.83. The van der Waals surface area contributed by atoms with Crippen molar-refractivity contribution < 1.29 is 9.53 Å². The van der Waals surface area contributed by atoms with Crippen molar-refractivity contribution in [2.75, 3.05) is 7.11 Å². The lowest BCUT2D eigenvalue weighted by Gasteiger charge is -2.48. The molecule has 2 atom stereocenters. The molecule has 0 aromatic heterocycles. The molecule has 2 aromatic carbocycles. The van der Waals surface area contributed by atoms with E-state index in [1.165, 1.54) is 24.8 Å². The van der Waals surface area contributed by atoms with Crippen LogP contribution in [0.2, 0.25) is 0 Å². The highest BCUT2D eigenvalue weighted by Gasteiger charge is 2.40. The van der Waals surface area contributed by atoms with E-state index < -0.39 is 0 Å². The van der Waals surface area contributed by atoms with Crippen LogP contribution in [0.1, 0.15) is 43.2 Å². The summed E-state index contributed by atoms with van der Waals surface area (Å²) in [6.07, 6.45) is 6.33. The van der Waals surface area contributed by atoms with Crippen molar-refractivity contribution in [3.05, 3.63) is 65.7 Å². The highest BCUT2D eigenvalue weighted by atomic mass is 16.5. The SMILES string of the molecule is COc1cccc(CC(=O)C2CC3CCCC(C2)N3Cc2ccccc2)c1. The standard InChI is InChI=1S/C24H29NO2/c1-27-23-12-5-9-19(13-23)14-24(26)20-15-21-10-6-11-22(16-20)25(21)17-18-7-3-2-4-8-18/h2-5,7-9,12-13,20-22H,6,10-11,14-17H2,1H3. The Balaban J connectivity index is 1.42. The van der Waals surface area contributed by atoms with Crippen LogP contribution in [0, 0.1) is 5.92 Å². The molecule has 2 bridgehead atoms. The van der Waals surface area contributed by atoms with Crippen molar-refractivity contribution in [3.63, 3.8) is 0 Å². The number of rotatable bonds is 6. The molecular weight excluding hydrogens is 334 g/mol. The second kappa shape index (κ2) is 8.26. The summed E-state index contributed by atoms with van der Waals surface area (Å²) in [6.45, 7) is 1.02. The monoisotopic (exact) mass is 363 g/mol. The van der Waals surface area contributed by atoms with Gasteiger partial charge in [0.1, 0.15) is 11.5 Å². The molecule has 2 aliphatic heterocycles. The van der Waals surface area contributed by atoms with Gasteiger partial charge in [-0.15, -0.1) is 0 Å². The van der Waals surface area contributed by atoms with Gasteiger partial charge in [-0.1, -0.05) is 48.9 Å². The van der Waals surface area contributed by atoms with E-state index in [2.05, 4.69) is 35.2 Å². The summed E-state index contributed by atoms with van der Waals surface area (Å²) in [6, 6.07) is 19.8. The summed E-state index contributed by atoms with van der Waals surface area (Å²) < 4.78 is 5.30. The zero-order chi connectivity index (χ0) is 18.6. The van der Waals surface area contributed by atoms with Gasteiger partial charge >= 0.3 is 0 Å². The van der Waals surface area contributed by atoms with Crippen LogP contribution in [-0.2, 0) is 17.8 Å². The Bertz CT molecular complexity index is 759. The minimum absolute atomic E-state index is 0.207. The van der Waals surface area contributed by atoms with Gasteiger partial charge in [-0.25, -0.2) is 0 Å². The van der Waals surface area contributed by atoms with E-state index in [1.54, 1.807) is 7.11 Å². The van der Waals surface area contributed by atoms with Gasteiger partial charge in [0.25, 0.3) is 0 Å². The number of methoxy groups -OCH3 is 1. The van der Waals surface area contributed by atoms with E-state index in [-0.39, 0.29) is 5.92 Å². The normalized spacial score (nSPS) is 25.1. The molecule has 142 valence electrons. The number of ketones is 1. The number of nitrogens with zero attached hydrogens (tertiary/aromatic N) is 1. The van der Waals surface area contributed by atoms with Crippen LogP contribution in [0.3, 0.4) is 0 Å². The van der Waals surface area contributed by atoms with Crippen LogP contribution in [0.4, 0.5) is 0 Å². The quantitative estimate of drug-likeness (QED) is 0.749. The first kappa shape index (κ1) is 18.2. The molecule has 2 saturated heterocycles. The molecule has 2 heterocycles. The molecule has 2 unspecified atom stereocenters. The Morgan fingerprint density at radius 3 is 2.41 bits per heavy atom. The third kappa shape index (κ3) is 4.24. The van der Waals surface area contributed by atoms with Crippen LogP contribution < -0.4 is 4.74 Å². The lowest BCUT2D eigenvalue weighted by atomic mass is 9.75. The number of piperidine rings is 2. The Morgan fingerprint density at radius 2 is 1.70 bits per heavy atom. The third-order valence-electron chi connectivity index (χ3n) is 6.30. The molecule has 0 amide bonds. The summed E-state index contributed by atoms with van der Waals surface area (Å²) >= 11 is 0. The molecular formula is C24H29NO2. The minimum atomic E-state index is 0.207. The van der Waals surface area contributed by atoms with E-state index in [0.29, 0.717) is 24.3 Å². The van der Waals surface area contributed by atoms with E-state index >= 15 is 0 Å². The molecule has 3 heteroatoms. The average molecular weight is 364 g/mol. The lowest BCUT2D eigenvalue weighted by molar-refractivity contribution is -0.126. The van der Waals surface area contributed by atoms with Crippen molar-refractivity contribution in [2.45, 2.75) is 57.2 Å². The number of Topliss-reactive ketones (excluding diaryl/α,β-unsaturated/α-hetero) is 1. The number of carbonyl (C=O) groups excluding carboxylic acids is 1. The molecule has 3 nitrogen and oxygen atoms in total. The summed E-state index contributed by atoms with van der Waals surface area (Å²) in [5, 5.41) is 0. The first-order valence-corrected chi connectivity index (χ1v) is 10.2. The lowest BCUT2D eigenvalue weighted by Crippen LogP contribution is -2.52. The van der Waals surface area contributed by atoms with Gasteiger partial charge in [0, 0.05) is 31.0 Å². The summed E-state index contributed by atoms with van der Waals surface area (Å²) in [5.74, 6) is 1.44. The molecule has 0 aliphatic carbocycles. The Morgan fingerprint density at radius 1 is 1.00 bits per heavy atom. The zero-order valence-electron chi connectivity index (χ0n) is 16.1. The van der Waals surface area contributed by atoms with Crippen molar-refractivity contribution in [1.29, 1.82) is 0 Å². The van der Waals surface area contributed by atoms with Gasteiger partial charge in [0.2, 0.25) is 0 Å². The number of hydrogen-bond acceptors (Lipinski definition) is 3. The molecule has 0 saturated carbocycles. The molecule has 2 fully saturated rings. The molecule has 0 N–H and O–H groups in total. The van der Waals surface area contributed by atoms with E-state index in [0.717, 1.165) is 30.7 Å². The first-order valence-electron chi connectivity index (χ1n) is 10.2. The number of fused-ring (bicyclic) bond motifs is 2. The van der Waals surface area contributed by atoms with Gasteiger partial charge < -0.3 is 4.74 Å². The summed E-state index contributed by atoms with van der Waals surface area (Å²) in [5.41, 5.74) is 2.45. The second-order valence-electron chi connectivity index (χ2n) is 8.06. The zero-order valence-corrected chi connectivity index (χ0v) is 16.1. The maximum atomic E-state index is 13.0. The van der Waals surface area contributed by atoms with Crippen LogP contribution in [-0.4, -0.2) is 29.9 Å². The third-order valence-corrected chi connectivity index (χ3v) is 6.30. The summed E-state index contributed by atoms with van der Waals surface area (Å²) in [4.78, 5) is 15.7. The van der Waals surface area contributed by atoms with Crippen molar-refractivity contribution in [2.24, 2.45) is 5.92 Å². The van der Waals surface area contributed by atoms with Crippen molar-refractivity contribution in [3.8, 4) is 5.75 Å². The number of benzene rings is 2. The Kier molecular flexibility index (Phi) is 5.58. The van der Waals surface area contributed by atoms with Gasteiger partial charge in [-0.3, -0.25) is 9.69 Å². The molecule has 2 aliphatic rings. The minimum Gasteiger partial charge on any atom is -0.497 e. The number of carbonyl (C=O) groups is 1. The number of ether oxygens (including phenoxy) is 1. The van der Waals surface area contributed by atoms with Gasteiger partial charge in [-0.2, -0.15) is 0 Å². The Hall–Kier alpha value is -2.13. The van der Waals surface area contributed by atoms with Crippen molar-refractivity contribution >= 4 is 5.78 Å². The number of hydrogen-bond donors (Lipinski definition) is 0. The van der Waals surface area contributed by atoms with Crippen LogP contribution in [0.25, 0.3) is 0 Å². The van der Waals surface area contributed by atoms with E-state index in [9.17, 15) is 4.79 Å². The highest BCUT2D eigenvalue weighted by Crippen LogP contribution is 2.38. The molecule has 27 heavy (non-hydrogen) atoms. The van der Waals surface area contributed by atoms with Crippen molar-refractivity contribution in [1.82, 2.24) is 4.90 Å². The predicted molar refractivity (Wildman–Crippen MR) is 108 cm³/mol. The van der Waals surface area contributed by atoms with Crippen LogP contribution in [0.15, 0.2) is 54.6 Å². The van der Waals surface area contributed by atoms with Gasteiger partial charge in [0.15, 0.2) is 0 Å². The van der Waals surface area contributed by atoms with Crippen LogP contribution in [0.5, 0.6) is 5.75 Å². The summed E-state index contributed by atoms with van der Waals surface area (Å²) in [7, 11) is 1.67. The van der Waals surface area contributed by atoms with E-state index in [4.69, 9.17) is 4.74 Å². The molecule has 4 rings (SSSR count). The topological polar surface area (TPSA) is 29.5 Å². The first-order chi connectivity index (χ1) is 13.2. The molecule has 0 radical (unpaired) electrons. The predicted octanol–water partition coefficient (Wildman–Crippen LogP) is 4.64. The average Bonchev–Trinajstić information content (AvgIpc) is 2.68. The fourth-order valence-corrected chi connectivity index (χ4v) is 4.92. The van der Waals surface area contributed by atoms with E-state index in [1.807, 2.05) is 24.3 Å². The maximum absolute atomic E-state index is 13.0. The van der Waals surface area contributed by atoms with Gasteiger partial charge in [-0.05, 0) is 48.9 Å². The maximum Gasteiger partial charge on any atom is 0.140 e. The molecule has 2 aromatic rings. The smallest absolute Gasteiger partial charge is 0.140 e. The second-order valence-corrected chi connectivity index (χ2v) is 8.06. The largest absolute Gasteiger partial charge is 0.497 e. The van der Waals surface area contributed by atoms with Crippen LogP contribution >= 0.6 is 0 Å². The fourth-order valence-electron chi connectivity index (χ4n) is 4.92. The van der Waals surface area contributed by atoms with Gasteiger partial charge in [0.05, 0.1) is 7.11 Å². The molecule has 0 spiro atoms. The fraction of sp³-hybridized carbons (Fsp3) is 0.458. The Labute approximate surface area is 162 Å².